The predicted molar refractivity (Wildman–Crippen MR) is 300 cm³/mol. The maximum atomic E-state index is 2.40. The first kappa shape index (κ1) is 39.9. The monoisotopic (exact) mass is 888 g/mol. The molecule has 0 aliphatic heterocycles. The summed E-state index contributed by atoms with van der Waals surface area (Å²) in [5.41, 5.74) is 13.8. The number of rotatable bonds is 9. The zero-order valence-corrected chi connectivity index (χ0v) is 38.3. The third kappa shape index (κ3) is 6.72. The Morgan fingerprint density at radius 2 is 0.386 bits per heavy atom. The summed E-state index contributed by atoms with van der Waals surface area (Å²) in [5.74, 6) is 0. The van der Waals surface area contributed by atoms with Gasteiger partial charge in [-0.1, -0.05) is 194 Å². The highest BCUT2D eigenvalue weighted by atomic mass is 15.1. The van der Waals surface area contributed by atoms with Crippen LogP contribution < -0.4 is 9.80 Å². The summed E-state index contributed by atoms with van der Waals surface area (Å²) in [5, 5.41) is 15.4. The van der Waals surface area contributed by atoms with Gasteiger partial charge in [-0.25, -0.2) is 0 Å². The zero-order valence-electron chi connectivity index (χ0n) is 38.3. The van der Waals surface area contributed by atoms with Crippen LogP contribution in [0.2, 0.25) is 0 Å². The molecule has 0 amide bonds. The van der Waals surface area contributed by atoms with Crippen molar-refractivity contribution in [3.63, 3.8) is 0 Å². The van der Waals surface area contributed by atoms with Crippen LogP contribution in [0.5, 0.6) is 0 Å². The highest BCUT2D eigenvalue weighted by Gasteiger charge is 2.19. The van der Waals surface area contributed by atoms with E-state index >= 15 is 0 Å². The molecule has 14 aromatic carbocycles. The molecule has 0 saturated heterocycles. The van der Waals surface area contributed by atoms with Gasteiger partial charge in [0.15, 0.2) is 0 Å². The van der Waals surface area contributed by atoms with Crippen molar-refractivity contribution in [2.45, 2.75) is 0 Å². The molecule has 0 saturated carbocycles. The van der Waals surface area contributed by atoms with Gasteiger partial charge in [-0.15, -0.1) is 0 Å². The number of hydrogen-bond acceptors (Lipinski definition) is 2. The van der Waals surface area contributed by atoms with E-state index in [0.717, 1.165) is 45.3 Å². The molecule has 0 unspecified atom stereocenters. The standard InChI is InChI=1S/C68H44N2/c1-3-9-45(10-4-1)47-25-33-59(34-26-47)69(63-41-55-21-17-51-13-7-14-52-18-22-56(42-63)67(55)65(51)52)61-37-29-49(30-38-61)50-31-39-62(40-32-50)70(60-35-27-48(28-36-60)46-11-5-2-6-12-46)64-43-57-23-19-53-15-8-16-54-20-24-58(44-64)68(57)66(53)54/h1-44H. The Hall–Kier alpha value is -9.24. The van der Waals surface area contributed by atoms with Gasteiger partial charge >= 0.3 is 0 Å². The van der Waals surface area contributed by atoms with E-state index in [9.17, 15) is 0 Å². The van der Waals surface area contributed by atoms with Crippen LogP contribution in [-0.4, -0.2) is 0 Å². The second kappa shape index (κ2) is 16.2. The normalized spacial score (nSPS) is 11.7. The molecule has 0 bridgehead atoms. The minimum Gasteiger partial charge on any atom is -0.310 e. The lowest BCUT2D eigenvalue weighted by Gasteiger charge is -2.27. The highest BCUT2D eigenvalue weighted by Crippen LogP contribution is 2.45. The molecule has 14 aromatic rings. The lowest BCUT2D eigenvalue weighted by Crippen LogP contribution is -2.10. The summed E-state index contributed by atoms with van der Waals surface area (Å²) in [7, 11) is 0. The Bertz CT molecular complexity index is 3780. The topological polar surface area (TPSA) is 6.48 Å². The second-order valence-corrected chi connectivity index (χ2v) is 18.5. The zero-order chi connectivity index (χ0) is 46.1. The largest absolute Gasteiger partial charge is 0.310 e. The number of nitrogens with zero attached hydrogens (tertiary/aromatic N) is 2. The molecular formula is C68H44N2. The van der Waals surface area contributed by atoms with E-state index in [2.05, 4.69) is 277 Å². The third-order valence-corrected chi connectivity index (χ3v) is 14.5. The van der Waals surface area contributed by atoms with Crippen LogP contribution in [0, 0.1) is 0 Å². The van der Waals surface area contributed by atoms with Gasteiger partial charge < -0.3 is 9.80 Å². The van der Waals surface area contributed by atoms with Gasteiger partial charge in [0, 0.05) is 34.1 Å². The fourth-order valence-corrected chi connectivity index (χ4v) is 11.1. The number of benzene rings is 14. The van der Waals surface area contributed by atoms with Crippen molar-refractivity contribution in [3.8, 4) is 33.4 Å². The Morgan fingerprint density at radius 3 is 0.657 bits per heavy atom. The second-order valence-electron chi connectivity index (χ2n) is 18.5. The maximum absolute atomic E-state index is 2.40. The third-order valence-electron chi connectivity index (χ3n) is 14.5. The van der Waals surface area contributed by atoms with Crippen LogP contribution in [0.3, 0.4) is 0 Å². The van der Waals surface area contributed by atoms with Gasteiger partial charge in [-0.2, -0.15) is 0 Å². The molecule has 0 radical (unpaired) electrons. The fraction of sp³-hybridized carbons (Fsp3) is 0. The van der Waals surface area contributed by atoms with E-state index in [4.69, 9.17) is 0 Å². The molecule has 0 fully saturated rings. The minimum atomic E-state index is 1.10. The summed E-state index contributed by atoms with van der Waals surface area (Å²) in [6, 6.07) is 98.1. The molecule has 0 spiro atoms. The Morgan fingerprint density at radius 1 is 0.157 bits per heavy atom. The van der Waals surface area contributed by atoms with Crippen molar-refractivity contribution in [2.24, 2.45) is 0 Å². The summed E-state index contributed by atoms with van der Waals surface area (Å²) in [6.07, 6.45) is 0. The number of hydrogen-bond donors (Lipinski definition) is 0. The highest BCUT2D eigenvalue weighted by molar-refractivity contribution is 6.25. The van der Waals surface area contributed by atoms with Crippen molar-refractivity contribution >= 4 is 98.8 Å². The predicted octanol–water partition coefficient (Wildman–Crippen LogP) is 19.4. The quantitative estimate of drug-likeness (QED) is 0.133. The average Bonchev–Trinajstić information content (AvgIpc) is 3.43. The average molecular weight is 889 g/mol. The maximum Gasteiger partial charge on any atom is 0.0473 e. The van der Waals surface area contributed by atoms with Crippen molar-refractivity contribution in [2.75, 3.05) is 9.80 Å². The van der Waals surface area contributed by atoms with Gasteiger partial charge in [0.25, 0.3) is 0 Å². The van der Waals surface area contributed by atoms with Crippen LogP contribution in [-0.2, 0) is 0 Å². The Balaban J connectivity index is 0.843. The smallest absolute Gasteiger partial charge is 0.0473 e. The lowest BCUT2D eigenvalue weighted by atomic mass is 9.93. The Kier molecular flexibility index (Phi) is 9.25. The van der Waals surface area contributed by atoms with Gasteiger partial charge in [-0.3, -0.25) is 0 Å². The molecule has 14 rings (SSSR count). The molecule has 0 atom stereocenters. The summed E-state index contributed by atoms with van der Waals surface area (Å²) < 4.78 is 0. The van der Waals surface area contributed by atoms with E-state index in [1.807, 2.05) is 0 Å². The molecule has 0 heterocycles. The molecule has 2 nitrogen and oxygen atoms in total. The molecule has 326 valence electrons. The van der Waals surface area contributed by atoms with Gasteiger partial charge in [-0.05, 0) is 171 Å². The van der Waals surface area contributed by atoms with Crippen molar-refractivity contribution in [1.82, 2.24) is 0 Å². The van der Waals surface area contributed by atoms with Crippen LogP contribution in [0.15, 0.2) is 267 Å². The molecule has 0 aliphatic rings. The van der Waals surface area contributed by atoms with Crippen LogP contribution >= 0.6 is 0 Å². The van der Waals surface area contributed by atoms with Crippen molar-refractivity contribution < 1.29 is 0 Å². The first-order valence-electron chi connectivity index (χ1n) is 24.1. The van der Waals surface area contributed by atoms with E-state index in [-0.39, 0.29) is 0 Å². The van der Waals surface area contributed by atoms with E-state index in [1.54, 1.807) is 0 Å². The fourth-order valence-electron chi connectivity index (χ4n) is 11.1. The SMILES string of the molecule is c1ccc(-c2ccc(N(c3ccc(-c4ccc(N(c5ccc(-c6ccccc6)cc5)c5cc6ccc7cccc8ccc(c5)c6c78)cc4)cc3)c3cc4ccc5cccc6ccc(c3)c4c56)cc2)cc1. The van der Waals surface area contributed by atoms with E-state index in [0.29, 0.717) is 0 Å². The Labute approximate surface area is 406 Å². The molecular weight excluding hydrogens is 845 g/mol. The summed E-state index contributed by atoms with van der Waals surface area (Å²) in [6.45, 7) is 0. The molecule has 0 aliphatic carbocycles. The van der Waals surface area contributed by atoms with Crippen LogP contribution in [0.25, 0.3) is 98.0 Å². The van der Waals surface area contributed by atoms with Gasteiger partial charge in [0.2, 0.25) is 0 Å². The summed E-state index contributed by atoms with van der Waals surface area (Å²) in [4.78, 5) is 4.79. The number of anilines is 6. The molecule has 70 heavy (non-hydrogen) atoms. The van der Waals surface area contributed by atoms with Crippen molar-refractivity contribution in [1.29, 1.82) is 0 Å². The van der Waals surface area contributed by atoms with Crippen molar-refractivity contribution in [3.05, 3.63) is 267 Å². The first-order chi connectivity index (χ1) is 34.7. The van der Waals surface area contributed by atoms with Gasteiger partial charge in [0.05, 0.1) is 0 Å². The minimum absolute atomic E-state index is 1.10. The van der Waals surface area contributed by atoms with E-state index in [1.165, 1.54) is 86.9 Å². The van der Waals surface area contributed by atoms with E-state index < -0.39 is 0 Å². The molecule has 2 heteroatoms. The summed E-state index contributed by atoms with van der Waals surface area (Å²) >= 11 is 0. The molecule has 0 N–H and O–H groups in total. The van der Waals surface area contributed by atoms with Crippen LogP contribution in [0.4, 0.5) is 34.1 Å². The van der Waals surface area contributed by atoms with Crippen LogP contribution in [0.1, 0.15) is 0 Å². The first-order valence-corrected chi connectivity index (χ1v) is 24.1. The molecule has 0 aromatic heterocycles. The lowest BCUT2D eigenvalue weighted by molar-refractivity contribution is 1.29. The van der Waals surface area contributed by atoms with Gasteiger partial charge in [0.1, 0.15) is 0 Å².